The van der Waals surface area contributed by atoms with Gasteiger partial charge in [-0.25, -0.2) is 15.0 Å². The van der Waals surface area contributed by atoms with Gasteiger partial charge in [-0.05, 0) is 6.07 Å². The molecule has 0 saturated heterocycles. The lowest BCUT2D eigenvalue weighted by Gasteiger charge is -2.12. The summed E-state index contributed by atoms with van der Waals surface area (Å²) in [4.78, 5) is 11.5. The van der Waals surface area contributed by atoms with Crippen molar-refractivity contribution in [1.82, 2.24) is 15.0 Å². The Morgan fingerprint density at radius 1 is 0.952 bits per heavy atom. The average molecular weight is 310 g/mol. The van der Waals surface area contributed by atoms with Crippen LogP contribution < -0.4 is 0 Å². The number of hydrogen-bond donors (Lipinski definition) is 0. The summed E-state index contributed by atoms with van der Waals surface area (Å²) < 4.78 is 39.6. The highest BCUT2D eigenvalue weighted by atomic mass is 35.5. The molecule has 2 heterocycles. The Bertz CT molecular complexity index is 804. The van der Waals surface area contributed by atoms with Gasteiger partial charge < -0.3 is 0 Å². The molecule has 1 aromatic carbocycles. The van der Waals surface area contributed by atoms with Crippen LogP contribution >= 0.6 is 11.6 Å². The minimum Gasteiger partial charge on any atom is -0.242 e. The maximum Gasteiger partial charge on any atom is 0.435 e. The SMILES string of the molecule is FC(F)(F)c1nc2ccnc(Cl)c2nc1-c1ccccc1. The first-order valence-electron chi connectivity index (χ1n) is 5.91. The predicted octanol–water partition coefficient (Wildman–Crippen LogP) is 4.36. The number of aromatic nitrogens is 3. The Hall–Kier alpha value is -2.21. The molecule has 0 spiro atoms. The lowest BCUT2D eigenvalue weighted by atomic mass is 10.1. The van der Waals surface area contributed by atoms with Gasteiger partial charge in [-0.15, -0.1) is 0 Å². The molecule has 0 aliphatic heterocycles. The second-order valence-electron chi connectivity index (χ2n) is 4.25. The largest absolute Gasteiger partial charge is 0.435 e. The van der Waals surface area contributed by atoms with E-state index in [4.69, 9.17) is 11.6 Å². The molecule has 0 atom stereocenters. The van der Waals surface area contributed by atoms with E-state index in [-0.39, 0.29) is 21.9 Å². The quantitative estimate of drug-likeness (QED) is 0.627. The van der Waals surface area contributed by atoms with Crippen LogP contribution in [-0.2, 0) is 6.18 Å². The van der Waals surface area contributed by atoms with Gasteiger partial charge in [0, 0.05) is 11.8 Å². The molecule has 2 aromatic heterocycles. The van der Waals surface area contributed by atoms with Crippen LogP contribution in [0.5, 0.6) is 0 Å². The molecule has 3 nitrogen and oxygen atoms in total. The van der Waals surface area contributed by atoms with Crippen LogP contribution in [0.4, 0.5) is 13.2 Å². The number of nitrogens with zero attached hydrogens (tertiary/aromatic N) is 3. The van der Waals surface area contributed by atoms with Gasteiger partial charge in [-0.2, -0.15) is 13.2 Å². The molecule has 0 unspecified atom stereocenters. The van der Waals surface area contributed by atoms with E-state index in [2.05, 4.69) is 15.0 Å². The smallest absolute Gasteiger partial charge is 0.242 e. The molecule has 0 aliphatic rings. The summed E-state index contributed by atoms with van der Waals surface area (Å²) in [5, 5.41) is 0.0194. The van der Waals surface area contributed by atoms with Crippen molar-refractivity contribution in [2.75, 3.05) is 0 Å². The summed E-state index contributed by atoms with van der Waals surface area (Å²) >= 11 is 5.89. The minimum absolute atomic E-state index is 0.0194. The highest BCUT2D eigenvalue weighted by Gasteiger charge is 2.37. The van der Waals surface area contributed by atoms with E-state index >= 15 is 0 Å². The fraction of sp³-hybridized carbons (Fsp3) is 0.0714. The van der Waals surface area contributed by atoms with E-state index < -0.39 is 11.9 Å². The molecule has 3 aromatic rings. The normalized spacial score (nSPS) is 11.8. The number of rotatable bonds is 1. The Balaban J connectivity index is 2.37. The van der Waals surface area contributed by atoms with E-state index in [1.807, 2.05) is 0 Å². The number of alkyl halides is 3. The first-order valence-corrected chi connectivity index (χ1v) is 6.29. The molecule has 7 heteroatoms. The van der Waals surface area contributed by atoms with E-state index in [9.17, 15) is 13.2 Å². The third kappa shape index (κ3) is 2.54. The van der Waals surface area contributed by atoms with Crippen molar-refractivity contribution in [2.45, 2.75) is 6.18 Å². The fourth-order valence-electron chi connectivity index (χ4n) is 1.95. The molecule has 0 N–H and O–H groups in total. The van der Waals surface area contributed by atoms with Crippen molar-refractivity contribution in [1.29, 1.82) is 0 Å². The van der Waals surface area contributed by atoms with Crippen LogP contribution in [-0.4, -0.2) is 15.0 Å². The average Bonchev–Trinajstić information content (AvgIpc) is 2.46. The zero-order valence-electron chi connectivity index (χ0n) is 10.4. The van der Waals surface area contributed by atoms with E-state index in [1.54, 1.807) is 18.2 Å². The summed E-state index contributed by atoms with van der Waals surface area (Å²) in [5.41, 5.74) is -0.777. The first-order chi connectivity index (χ1) is 9.97. The van der Waals surface area contributed by atoms with Gasteiger partial charge in [0.25, 0.3) is 0 Å². The molecule has 0 amide bonds. The Morgan fingerprint density at radius 2 is 1.67 bits per heavy atom. The summed E-state index contributed by atoms with van der Waals surface area (Å²) in [7, 11) is 0. The molecule has 0 bridgehead atoms. The molecular formula is C14H7ClF3N3. The van der Waals surface area contributed by atoms with Crippen LogP contribution in [0.2, 0.25) is 5.15 Å². The monoisotopic (exact) mass is 309 g/mol. The lowest BCUT2D eigenvalue weighted by Crippen LogP contribution is -2.12. The van der Waals surface area contributed by atoms with Crippen LogP contribution in [0.3, 0.4) is 0 Å². The molecular weight excluding hydrogens is 303 g/mol. The number of benzene rings is 1. The standard InChI is InChI=1S/C14H7ClF3N3/c15-13-11-9(6-7-19-13)20-12(14(16,17)18)10(21-11)8-4-2-1-3-5-8/h1-7H. The summed E-state index contributed by atoms with van der Waals surface area (Å²) in [6.07, 6.45) is -3.32. The van der Waals surface area contributed by atoms with Crippen molar-refractivity contribution in [3.63, 3.8) is 0 Å². The van der Waals surface area contributed by atoms with Crippen LogP contribution in [0.15, 0.2) is 42.6 Å². The fourth-order valence-corrected chi connectivity index (χ4v) is 2.14. The van der Waals surface area contributed by atoms with E-state index in [0.717, 1.165) is 0 Å². The number of pyridine rings is 1. The van der Waals surface area contributed by atoms with E-state index in [0.29, 0.717) is 5.56 Å². The molecule has 3 rings (SSSR count). The molecule has 106 valence electrons. The van der Waals surface area contributed by atoms with Gasteiger partial charge in [-0.3, -0.25) is 0 Å². The third-order valence-electron chi connectivity index (χ3n) is 2.85. The Morgan fingerprint density at radius 3 is 2.33 bits per heavy atom. The van der Waals surface area contributed by atoms with Crippen molar-refractivity contribution < 1.29 is 13.2 Å². The molecule has 0 fully saturated rings. The van der Waals surface area contributed by atoms with Crippen LogP contribution in [0.25, 0.3) is 22.3 Å². The minimum atomic E-state index is -4.61. The van der Waals surface area contributed by atoms with Gasteiger partial charge >= 0.3 is 6.18 Å². The van der Waals surface area contributed by atoms with Crippen LogP contribution in [0, 0.1) is 0 Å². The van der Waals surface area contributed by atoms with Crippen LogP contribution in [0.1, 0.15) is 5.69 Å². The van der Waals surface area contributed by atoms with Crippen molar-refractivity contribution in [3.8, 4) is 11.3 Å². The van der Waals surface area contributed by atoms with Crippen molar-refractivity contribution in [2.24, 2.45) is 0 Å². The molecule has 0 radical (unpaired) electrons. The second kappa shape index (κ2) is 4.96. The highest BCUT2D eigenvalue weighted by Crippen LogP contribution is 2.36. The summed E-state index contributed by atoms with van der Waals surface area (Å²) in [6.45, 7) is 0. The number of fused-ring (bicyclic) bond motifs is 1. The molecule has 21 heavy (non-hydrogen) atoms. The van der Waals surface area contributed by atoms with Gasteiger partial charge in [-0.1, -0.05) is 41.9 Å². The lowest BCUT2D eigenvalue weighted by molar-refractivity contribution is -0.140. The number of halogens is 4. The van der Waals surface area contributed by atoms with Gasteiger partial charge in [0.2, 0.25) is 0 Å². The number of hydrogen-bond acceptors (Lipinski definition) is 3. The first kappa shape index (κ1) is 13.8. The zero-order chi connectivity index (χ0) is 15.0. The molecule has 0 aliphatic carbocycles. The van der Waals surface area contributed by atoms with Gasteiger partial charge in [0.05, 0.1) is 5.52 Å². The molecule has 0 saturated carbocycles. The predicted molar refractivity (Wildman–Crippen MR) is 72.8 cm³/mol. The van der Waals surface area contributed by atoms with Gasteiger partial charge in [0.15, 0.2) is 10.8 Å². The Kier molecular flexibility index (Phi) is 3.25. The Labute approximate surface area is 122 Å². The second-order valence-corrected chi connectivity index (χ2v) is 4.61. The van der Waals surface area contributed by atoms with Crippen molar-refractivity contribution in [3.05, 3.63) is 53.4 Å². The zero-order valence-corrected chi connectivity index (χ0v) is 11.2. The maximum atomic E-state index is 13.2. The summed E-state index contributed by atoms with van der Waals surface area (Å²) in [5.74, 6) is 0. The van der Waals surface area contributed by atoms with Gasteiger partial charge in [0.1, 0.15) is 11.2 Å². The topological polar surface area (TPSA) is 38.7 Å². The summed E-state index contributed by atoms with van der Waals surface area (Å²) in [6, 6.07) is 9.39. The highest BCUT2D eigenvalue weighted by molar-refractivity contribution is 6.33. The third-order valence-corrected chi connectivity index (χ3v) is 3.13. The van der Waals surface area contributed by atoms with E-state index in [1.165, 1.54) is 24.4 Å². The van der Waals surface area contributed by atoms with Crippen molar-refractivity contribution >= 4 is 22.6 Å². The maximum absolute atomic E-state index is 13.2.